The highest BCUT2D eigenvalue weighted by Crippen LogP contribution is 2.57. The van der Waals surface area contributed by atoms with Crippen molar-refractivity contribution < 1.29 is 36.6 Å². The molecule has 2 fully saturated rings. The number of aromatic nitrogens is 9. The molecule has 2 saturated heterocycles. The van der Waals surface area contributed by atoms with E-state index in [4.69, 9.17) is 29.0 Å². The fraction of sp³-hybridized carbons (Fsp3) is 0.550. The van der Waals surface area contributed by atoms with Gasteiger partial charge in [-0.25, -0.2) is 23.3 Å². The summed E-state index contributed by atoms with van der Waals surface area (Å²) in [4.78, 5) is 40.8. The average molecular weight is 633 g/mol. The number of halogens is 2. The first-order chi connectivity index (χ1) is 20.1. The van der Waals surface area contributed by atoms with Crippen molar-refractivity contribution in [2.24, 2.45) is 5.92 Å². The Labute approximate surface area is 237 Å². The molecule has 0 amide bonds. The van der Waals surface area contributed by atoms with E-state index in [-0.39, 0.29) is 41.3 Å². The minimum Gasteiger partial charge on any atom is -0.379 e. The molecule has 4 N–H and O–H groups in total. The lowest BCUT2D eigenvalue weighted by Gasteiger charge is -2.31. The van der Waals surface area contributed by atoms with Crippen molar-refractivity contribution >= 4 is 47.3 Å². The van der Waals surface area contributed by atoms with Gasteiger partial charge in [0.2, 0.25) is 5.95 Å². The summed E-state index contributed by atoms with van der Waals surface area (Å²) >= 11 is 3.98. The summed E-state index contributed by atoms with van der Waals surface area (Å²) in [7, 11) is 1.29. The van der Waals surface area contributed by atoms with E-state index in [9.17, 15) is 14.2 Å². The molecule has 2 aliphatic heterocycles. The van der Waals surface area contributed by atoms with E-state index in [1.807, 2.05) is 0 Å². The molecule has 0 aromatic carbocycles. The first kappa shape index (κ1) is 28.8. The van der Waals surface area contributed by atoms with Crippen molar-refractivity contribution in [3.8, 4) is 0 Å². The number of aromatic amines is 2. The van der Waals surface area contributed by atoms with Gasteiger partial charge in [0.15, 0.2) is 53.4 Å². The summed E-state index contributed by atoms with van der Waals surface area (Å²) in [5.74, 6) is -1.35. The number of anilines is 1. The normalized spacial score (nSPS) is 31.6. The second kappa shape index (κ2) is 11.1. The first-order valence-corrected chi connectivity index (χ1v) is 15.0. The molecule has 4 aromatic heterocycles. The molecule has 2 aliphatic rings. The summed E-state index contributed by atoms with van der Waals surface area (Å²) in [6.45, 7) is -5.14. The summed E-state index contributed by atoms with van der Waals surface area (Å²) in [5.41, 5.74) is 3.87. The van der Waals surface area contributed by atoms with Crippen molar-refractivity contribution in [2.75, 3.05) is 26.1 Å². The molecule has 0 aliphatic carbocycles. The second-order valence-corrected chi connectivity index (χ2v) is 12.2. The monoisotopic (exact) mass is 632 g/mol. The van der Waals surface area contributed by atoms with Gasteiger partial charge < -0.3 is 24.9 Å². The van der Waals surface area contributed by atoms with Crippen LogP contribution in [0.15, 0.2) is 22.2 Å². The molecule has 18 nitrogen and oxygen atoms in total. The van der Waals surface area contributed by atoms with Gasteiger partial charge in [-0.2, -0.15) is 9.67 Å². The third-order valence-corrected chi connectivity index (χ3v) is 8.49. The van der Waals surface area contributed by atoms with Crippen LogP contribution >= 0.6 is 19.0 Å². The van der Waals surface area contributed by atoms with Gasteiger partial charge >= 0.3 is 6.80 Å². The maximum absolute atomic E-state index is 16.1. The van der Waals surface area contributed by atoms with Crippen LogP contribution in [0.4, 0.5) is 14.7 Å². The van der Waals surface area contributed by atoms with Crippen molar-refractivity contribution in [1.29, 1.82) is 0 Å². The van der Waals surface area contributed by atoms with Crippen LogP contribution in [0.3, 0.4) is 0 Å². The lowest BCUT2D eigenvalue weighted by atomic mass is 9.97. The highest BCUT2D eigenvalue weighted by Gasteiger charge is 2.52. The second-order valence-electron chi connectivity index (χ2n) is 9.36. The van der Waals surface area contributed by atoms with E-state index in [1.54, 1.807) is 0 Å². The molecule has 42 heavy (non-hydrogen) atoms. The number of ether oxygens (including phenoxy) is 3. The Hall–Kier alpha value is -3.33. The van der Waals surface area contributed by atoms with E-state index in [0.29, 0.717) is 0 Å². The predicted octanol–water partition coefficient (Wildman–Crippen LogP) is 0.382. The number of nitrogens with one attached hydrogen (secondary N) is 2. The van der Waals surface area contributed by atoms with Gasteiger partial charge in [-0.1, -0.05) is 17.5 Å². The van der Waals surface area contributed by atoms with Gasteiger partial charge in [-0.15, -0.1) is 5.10 Å². The molecular formula is C20H23F2N10O8PS. The van der Waals surface area contributed by atoms with Gasteiger partial charge in [-0.05, 0) is 6.42 Å². The van der Waals surface area contributed by atoms with Crippen LogP contribution in [0.1, 0.15) is 18.9 Å². The van der Waals surface area contributed by atoms with Crippen LogP contribution in [0, 0.1) is 5.92 Å². The molecule has 2 bridgehead atoms. The van der Waals surface area contributed by atoms with E-state index in [2.05, 4.69) is 47.5 Å². The number of nitrogens with two attached hydrogens (primary N) is 1. The summed E-state index contributed by atoms with van der Waals surface area (Å²) < 4.78 is 74.7. The molecule has 226 valence electrons. The minimum absolute atomic E-state index is 0.0287. The number of H-pyrrole nitrogens is 2. The number of rotatable bonds is 4. The minimum atomic E-state index is -4.39. The third kappa shape index (κ3) is 5.10. The van der Waals surface area contributed by atoms with Gasteiger partial charge in [0.25, 0.3) is 11.1 Å². The molecule has 2 unspecified atom stereocenters. The van der Waals surface area contributed by atoms with E-state index >= 15 is 8.78 Å². The summed E-state index contributed by atoms with van der Waals surface area (Å²) in [6.07, 6.45) is -7.72. The number of hydrogen-bond donors (Lipinski definition) is 4. The number of nitrogens with zero attached hydrogens (tertiary/aromatic N) is 7. The van der Waals surface area contributed by atoms with Crippen LogP contribution < -0.4 is 16.9 Å². The van der Waals surface area contributed by atoms with Gasteiger partial charge in [0, 0.05) is 13.0 Å². The van der Waals surface area contributed by atoms with Crippen LogP contribution in [-0.4, -0.2) is 89.5 Å². The highest BCUT2D eigenvalue weighted by atomic mass is 32.7. The molecule has 8 atom stereocenters. The Morgan fingerprint density at radius 1 is 1.26 bits per heavy atom. The zero-order chi connectivity index (χ0) is 29.8. The predicted molar refractivity (Wildman–Crippen MR) is 140 cm³/mol. The summed E-state index contributed by atoms with van der Waals surface area (Å²) in [6, 6.07) is 0. The van der Waals surface area contributed by atoms with E-state index in [0.717, 1.165) is 21.9 Å². The molecule has 6 heterocycles. The van der Waals surface area contributed by atoms with Crippen LogP contribution in [0.5, 0.6) is 0 Å². The van der Waals surface area contributed by atoms with Crippen LogP contribution in [0.2, 0.25) is 0 Å². The summed E-state index contributed by atoms with van der Waals surface area (Å²) in [5, 5.41) is 7.56. The average Bonchev–Trinajstić information content (AvgIpc) is 3.64. The molecule has 4 aromatic rings. The molecule has 0 spiro atoms. The maximum atomic E-state index is 16.1. The quantitative estimate of drug-likeness (QED) is 0.176. The first-order valence-electron chi connectivity index (χ1n) is 12.3. The molecule has 0 saturated carbocycles. The Balaban J connectivity index is 1.32. The number of nitrogen functional groups attached to an aromatic ring is 1. The van der Waals surface area contributed by atoms with Crippen molar-refractivity contribution in [3.63, 3.8) is 0 Å². The molecule has 6 rings (SSSR count). The number of hydrogen-bond acceptors (Lipinski definition) is 14. The SMILES string of the molecule is CO[C@@H]1COP(=O)(S)O[C@H]2[C@H](n3nnc4c(=O)[nH]c(N)nc43)OC(OCC[C@H]1[C@H](F)n1cnc3c(=O)[nH]cnc31)[C@@H]2F. The standard InChI is InChI=1S/C20H23F2N10O8PS/c1-36-8-4-38-41(35,42)40-12-9(21)19(39-18(12)32-15-11(29-30-32)17(34)28-20(23)27-15)37-3-2-7(8)13(22)31-6-26-10-14(31)24-5-25-16(10)33/h5-9,12-13,18-19H,2-4H2,1H3,(H,35,42)(H,24,25,33)(H3,23,27,28,34)/t7-,8-,9-,12-,13-,18-,19?,41?/m1/s1. The largest absolute Gasteiger partial charge is 0.386 e. The van der Waals surface area contributed by atoms with Crippen molar-refractivity contribution in [3.05, 3.63) is 33.4 Å². The number of thiol groups is 1. The number of alkyl halides is 2. The van der Waals surface area contributed by atoms with Gasteiger partial charge in [0.05, 0.1) is 32.0 Å². The zero-order valence-electron chi connectivity index (χ0n) is 21.4. The Morgan fingerprint density at radius 2 is 2.07 bits per heavy atom. The highest BCUT2D eigenvalue weighted by molar-refractivity contribution is 8.44. The van der Waals surface area contributed by atoms with Gasteiger partial charge in [0.1, 0.15) is 0 Å². The number of imidazole rings is 1. The fourth-order valence-electron chi connectivity index (χ4n) is 4.86. The number of fused-ring (bicyclic) bond motifs is 4. The Bertz CT molecular complexity index is 1780. The van der Waals surface area contributed by atoms with Crippen molar-refractivity contribution in [2.45, 2.75) is 43.6 Å². The van der Waals surface area contributed by atoms with E-state index < -0.39 is 67.6 Å². The smallest absolute Gasteiger partial charge is 0.379 e. The molecule has 0 radical (unpaired) electrons. The van der Waals surface area contributed by atoms with Crippen LogP contribution in [0.25, 0.3) is 22.3 Å². The topological polar surface area (TPSA) is 229 Å². The van der Waals surface area contributed by atoms with Gasteiger partial charge in [-0.3, -0.25) is 28.2 Å². The van der Waals surface area contributed by atoms with E-state index in [1.165, 1.54) is 7.11 Å². The third-order valence-electron chi connectivity index (χ3n) is 6.88. The lowest BCUT2D eigenvalue weighted by molar-refractivity contribution is -0.173. The maximum Gasteiger partial charge on any atom is 0.386 e. The lowest BCUT2D eigenvalue weighted by Crippen LogP contribution is -2.36. The van der Waals surface area contributed by atoms with Crippen LogP contribution in [-0.2, 0) is 27.8 Å². The Kier molecular flexibility index (Phi) is 7.58. The number of methoxy groups -OCH3 is 1. The fourth-order valence-corrected chi connectivity index (χ4v) is 6.31. The Morgan fingerprint density at radius 3 is 2.86 bits per heavy atom. The molecule has 22 heteroatoms. The molecular weight excluding hydrogens is 609 g/mol. The zero-order valence-corrected chi connectivity index (χ0v) is 23.2. The van der Waals surface area contributed by atoms with Crippen molar-refractivity contribution in [1.82, 2.24) is 44.5 Å².